The Bertz CT molecular complexity index is 2570. The van der Waals surface area contributed by atoms with Gasteiger partial charge in [0.2, 0.25) is 11.8 Å². The van der Waals surface area contributed by atoms with Crippen molar-refractivity contribution in [2.75, 3.05) is 38.8 Å². The number of fused-ring (bicyclic) bond motifs is 2. The topological polar surface area (TPSA) is 198 Å². The van der Waals surface area contributed by atoms with Crippen LogP contribution in [0.25, 0.3) is 22.1 Å². The van der Waals surface area contributed by atoms with Crippen molar-refractivity contribution in [2.24, 2.45) is 11.8 Å². The number of benzene rings is 3. The van der Waals surface area contributed by atoms with Crippen LogP contribution in [0, 0.1) is 11.8 Å². The maximum absolute atomic E-state index is 13.9. The lowest BCUT2D eigenvalue weighted by Gasteiger charge is -2.34. The van der Waals surface area contributed by atoms with Gasteiger partial charge >= 0.3 is 12.2 Å². The van der Waals surface area contributed by atoms with Crippen LogP contribution >= 0.6 is 0 Å². The molecule has 352 valence electrons. The standard InChI is InChI=1S/C50H65N9O7/c1-28(2)42(55-48(62)63)46(60)57-23-9-11-40(57)44-51-34-19-13-30(25-36(34)53-44)38-21-22-39(59(38)33-17-15-32(16-18-33)50(5,6)27-65-7)31-14-20-35-37(26-31)54-45(52-35)41-12-10-24-58(41)47(61)43(29(3)4)56-49(64)66-8/h13-20,25-26,28-29,38-43,55H,9-12,21-24,27H2,1-8H3,(H,51,53)(H,52,54)(H,56,64)(H,62,63)/t38-,39-,40+,41+,42?,43+/m1/s1. The predicted octanol–water partition coefficient (Wildman–Crippen LogP) is 8.45. The van der Waals surface area contributed by atoms with Gasteiger partial charge in [-0.05, 0) is 103 Å². The van der Waals surface area contributed by atoms with E-state index in [0.717, 1.165) is 83.2 Å². The number of imidazole rings is 2. The van der Waals surface area contributed by atoms with E-state index in [1.54, 1.807) is 12.0 Å². The minimum atomic E-state index is -1.21. The molecule has 16 nitrogen and oxygen atoms in total. The van der Waals surface area contributed by atoms with Gasteiger partial charge in [-0.3, -0.25) is 9.59 Å². The smallest absolute Gasteiger partial charge is 0.407 e. The van der Waals surface area contributed by atoms with Crippen molar-refractivity contribution in [3.63, 3.8) is 0 Å². The molecule has 0 radical (unpaired) electrons. The molecule has 0 bridgehead atoms. The normalized spacial score (nSPS) is 21.0. The number of hydrogen-bond acceptors (Lipinski definition) is 9. The lowest BCUT2D eigenvalue weighted by atomic mass is 9.85. The molecule has 66 heavy (non-hydrogen) atoms. The summed E-state index contributed by atoms with van der Waals surface area (Å²) in [5.41, 5.74) is 7.85. The van der Waals surface area contributed by atoms with Gasteiger partial charge in [0, 0.05) is 31.3 Å². The van der Waals surface area contributed by atoms with Crippen LogP contribution in [0.1, 0.15) is 133 Å². The highest BCUT2D eigenvalue weighted by Crippen LogP contribution is 2.48. The Hall–Kier alpha value is -6.16. The van der Waals surface area contributed by atoms with Crippen molar-refractivity contribution >= 4 is 51.8 Å². The second-order valence-electron chi connectivity index (χ2n) is 19.6. The molecule has 1 unspecified atom stereocenters. The fraction of sp³-hybridized carbons (Fsp3) is 0.520. The fourth-order valence-electron chi connectivity index (χ4n) is 10.5. The van der Waals surface area contributed by atoms with Crippen LogP contribution in [0.5, 0.6) is 0 Å². The number of alkyl carbamates (subject to hydrolysis) is 1. The zero-order chi connectivity index (χ0) is 47.0. The van der Waals surface area contributed by atoms with Crippen LogP contribution in [0.3, 0.4) is 0 Å². The summed E-state index contributed by atoms with van der Waals surface area (Å²) in [6, 6.07) is 19.7. The van der Waals surface area contributed by atoms with Gasteiger partial charge in [0.05, 0.1) is 60.0 Å². The molecule has 3 fully saturated rings. The lowest BCUT2D eigenvalue weighted by molar-refractivity contribution is -0.136. The number of hydrogen-bond donors (Lipinski definition) is 5. The van der Waals surface area contributed by atoms with Crippen LogP contribution in [-0.2, 0) is 24.5 Å². The average molecular weight is 904 g/mol. The predicted molar refractivity (Wildman–Crippen MR) is 252 cm³/mol. The molecule has 5 aromatic rings. The molecule has 5 N–H and O–H groups in total. The molecule has 16 heteroatoms. The number of nitrogens with one attached hydrogen (secondary N) is 4. The van der Waals surface area contributed by atoms with E-state index in [1.807, 2.05) is 32.6 Å². The molecule has 0 spiro atoms. The molecule has 4 amide bonds. The Morgan fingerprint density at radius 3 is 1.64 bits per heavy atom. The van der Waals surface area contributed by atoms with E-state index in [4.69, 9.17) is 19.4 Å². The van der Waals surface area contributed by atoms with Crippen LogP contribution in [0.15, 0.2) is 60.7 Å². The van der Waals surface area contributed by atoms with Gasteiger partial charge in [-0.15, -0.1) is 0 Å². The number of carbonyl (C=O) groups excluding carboxylic acids is 3. The maximum atomic E-state index is 13.9. The van der Waals surface area contributed by atoms with Crippen LogP contribution in [-0.4, -0.2) is 105 Å². The summed E-state index contributed by atoms with van der Waals surface area (Å²) < 4.78 is 10.4. The average Bonchev–Trinajstić information content (AvgIpc) is 4.15. The van der Waals surface area contributed by atoms with Gasteiger partial charge in [0.15, 0.2) is 0 Å². The Labute approximate surface area is 386 Å². The van der Waals surface area contributed by atoms with Gasteiger partial charge in [-0.25, -0.2) is 19.6 Å². The molecule has 3 aliphatic rings. The van der Waals surface area contributed by atoms with Crippen molar-refractivity contribution in [3.8, 4) is 0 Å². The first-order valence-electron chi connectivity index (χ1n) is 23.4. The van der Waals surface area contributed by atoms with E-state index >= 15 is 0 Å². The Balaban J connectivity index is 1.10. The first-order chi connectivity index (χ1) is 31.6. The molecule has 3 saturated heterocycles. The van der Waals surface area contributed by atoms with Gasteiger partial charge in [0.1, 0.15) is 23.7 Å². The van der Waals surface area contributed by atoms with Gasteiger partial charge < -0.3 is 49.9 Å². The summed E-state index contributed by atoms with van der Waals surface area (Å²) >= 11 is 0. The van der Waals surface area contributed by atoms with Crippen molar-refractivity contribution < 1.29 is 33.8 Å². The van der Waals surface area contributed by atoms with Crippen molar-refractivity contribution in [2.45, 2.75) is 122 Å². The number of aromatic amines is 2. The Morgan fingerprint density at radius 1 is 0.712 bits per heavy atom. The van der Waals surface area contributed by atoms with E-state index in [9.17, 15) is 24.3 Å². The number of likely N-dealkylation sites (tertiary alicyclic amines) is 2. The van der Waals surface area contributed by atoms with Crippen LogP contribution < -0.4 is 15.5 Å². The first-order valence-corrected chi connectivity index (χ1v) is 23.4. The molecular weight excluding hydrogens is 839 g/mol. The minimum absolute atomic E-state index is 0.0287. The lowest BCUT2D eigenvalue weighted by Crippen LogP contribution is -2.51. The summed E-state index contributed by atoms with van der Waals surface area (Å²) in [6.07, 6.45) is 3.08. The molecule has 6 atom stereocenters. The van der Waals surface area contributed by atoms with E-state index < -0.39 is 24.3 Å². The second kappa shape index (κ2) is 19.0. The van der Waals surface area contributed by atoms with Crippen molar-refractivity contribution in [3.05, 3.63) is 89.0 Å². The number of nitrogens with zero attached hydrogens (tertiary/aromatic N) is 5. The highest BCUT2D eigenvalue weighted by atomic mass is 16.5. The van der Waals surface area contributed by atoms with Gasteiger partial charge in [-0.2, -0.15) is 0 Å². The summed E-state index contributed by atoms with van der Waals surface area (Å²) in [6.45, 7) is 13.6. The molecule has 8 rings (SSSR count). The highest BCUT2D eigenvalue weighted by Gasteiger charge is 2.40. The van der Waals surface area contributed by atoms with E-state index in [1.165, 1.54) is 12.7 Å². The van der Waals surface area contributed by atoms with Crippen LogP contribution in [0.2, 0.25) is 0 Å². The van der Waals surface area contributed by atoms with E-state index in [2.05, 4.69) is 100 Å². The highest BCUT2D eigenvalue weighted by molar-refractivity contribution is 5.87. The first kappa shape index (κ1) is 46.4. The molecule has 5 heterocycles. The number of ether oxygens (including phenoxy) is 2. The molecule has 0 saturated carbocycles. The number of carbonyl (C=O) groups is 4. The molecule has 0 aliphatic carbocycles. The third-order valence-corrected chi connectivity index (χ3v) is 14.0. The van der Waals surface area contributed by atoms with E-state index in [-0.39, 0.29) is 53.2 Å². The molecular formula is C50H65N9O7. The monoisotopic (exact) mass is 904 g/mol. The maximum Gasteiger partial charge on any atom is 0.407 e. The SMILES string of the molecule is COCC(C)(C)c1ccc(N2[C@@H](c3ccc4nc([C@@H]5CCCN5C(=O)C(NC(=O)O)C(C)C)[nH]c4c3)CC[C@@H]2c2ccc3nc([C@@H]4CCCN4C(=O)[C@@H](NC(=O)OC)C(C)C)[nH]c3c2)cc1. The van der Waals surface area contributed by atoms with Gasteiger partial charge in [0.25, 0.3) is 0 Å². The summed E-state index contributed by atoms with van der Waals surface area (Å²) in [5.74, 6) is 0.725. The third-order valence-electron chi connectivity index (χ3n) is 14.0. The number of methoxy groups -OCH3 is 2. The van der Waals surface area contributed by atoms with Gasteiger partial charge in [-0.1, -0.05) is 65.8 Å². The zero-order valence-corrected chi connectivity index (χ0v) is 39.4. The number of carboxylic acid groups (broad SMARTS) is 1. The number of anilines is 1. The zero-order valence-electron chi connectivity index (χ0n) is 39.4. The fourth-order valence-corrected chi connectivity index (χ4v) is 10.5. The number of rotatable bonds is 14. The molecule has 3 aliphatic heterocycles. The number of H-pyrrole nitrogens is 2. The van der Waals surface area contributed by atoms with E-state index in [0.29, 0.717) is 25.5 Å². The van der Waals surface area contributed by atoms with Crippen molar-refractivity contribution in [1.82, 2.24) is 40.4 Å². The Morgan fingerprint density at radius 2 is 1.20 bits per heavy atom. The van der Waals surface area contributed by atoms with Crippen molar-refractivity contribution in [1.29, 1.82) is 0 Å². The minimum Gasteiger partial charge on any atom is -0.465 e. The number of amides is 4. The third kappa shape index (κ3) is 9.16. The molecule has 3 aromatic carbocycles. The summed E-state index contributed by atoms with van der Waals surface area (Å²) in [5, 5.41) is 14.6. The van der Waals surface area contributed by atoms with Crippen LogP contribution in [0.4, 0.5) is 15.3 Å². The second-order valence-corrected chi connectivity index (χ2v) is 19.6. The summed E-state index contributed by atoms with van der Waals surface area (Å²) in [7, 11) is 3.03. The largest absolute Gasteiger partial charge is 0.465 e. The Kier molecular flexibility index (Phi) is 13.3. The number of aromatic nitrogens is 4. The molecule has 2 aromatic heterocycles. The summed E-state index contributed by atoms with van der Waals surface area (Å²) in [4.78, 5) is 74.7. The quantitative estimate of drug-likeness (QED) is 0.0721.